The van der Waals surface area contributed by atoms with Crippen LogP contribution in [0.1, 0.15) is 71.1 Å². The molecule has 0 aromatic carbocycles. The van der Waals surface area contributed by atoms with E-state index in [1.807, 2.05) is 0 Å². The lowest BCUT2D eigenvalue weighted by Crippen LogP contribution is -2.41. The van der Waals surface area contributed by atoms with Crippen LogP contribution in [0.25, 0.3) is 0 Å². The summed E-state index contributed by atoms with van der Waals surface area (Å²) < 4.78 is 5.57. The summed E-state index contributed by atoms with van der Waals surface area (Å²) >= 11 is 0. The van der Waals surface area contributed by atoms with Gasteiger partial charge in [0.1, 0.15) is 0 Å². The predicted octanol–water partition coefficient (Wildman–Crippen LogP) is 3.06. The zero-order chi connectivity index (χ0) is 14.7. The topological polar surface area (TPSA) is 62.1 Å². The highest BCUT2D eigenvalue weighted by Crippen LogP contribution is 2.20. The number of aliphatic hydroxyl groups excluding tert-OH is 2. The summed E-state index contributed by atoms with van der Waals surface area (Å²) in [6.45, 7) is 2.28. The second-order valence-electron chi connectivity index (χ2n) is 5.89. The number of aliphatic hydroxyl groups is 2. The number of ether oxygens (including phenoxy) is 1. The van der Waals surface area contributed by atoms with Crippen LogP contribution in [-0.4, -0.2) is 41.5 Å². The van der Waals surface area contributed by atoms with Crippen molar-refractivity contribution in [2.24, 2.45) is 4.99 Å². The summed E-state index contributed by atoms with van der Waals surface area (Å²) in [6.07, 6.45) is 12.5. The molecule has 0 amide bonds. The second kappa shape index (κ2) is 10.2. The lowest BCUT2D eigenvalue weighted by atomic mass is 10.1. The van der Waals surface area contributed by atoms with Gasteiger partial charge in [-0.25, -0.2) is 0 Å². The maximum Gasteiger partial charge on any atom is 0.184 e. The molecule has 4 heteroatoms. The highest BCUT2D eigenvalue weighted by molar-refractivity contribution is 5.78. The Kier molecular flexibility index (Phi) is 8.86. The first-order valence-electron chi connectivity index (χ1n) is 8.20. The van der Waals surface area contributed by atoms with Crippen molar-refractivity contribution in [3.8, 4) is 0 Å². The molecule has 0 aromatic rings. The minimum atomic E-state index is -0.853. The van der Waals surface area contributed by atoms with E-state index in [2.05, 4.69) is 11.9 Å². The number of aliphatic imine (C=N–C) groups is 1. The van der Waals surface area contributed by atoms with Crippen molar-refractivity contribution in [2.75, 3.05) is 19.8 Å². The van der Waals surface area contributed by atoms with E-state index < -0.39 is 5.60 Å². The fraction of sp³-hybridized carbons (Fsp3) is 0.938. The third kappa shape index (κ3) is 6.23. The van der Waals surface area contributed by atoms with Crippen molar-refractivity contribution < 1.29 is 14.9 Å². The van der Waals surface area contributed by atoms with E-state index in [4.69, 9.17) is 4.74 Å². The highest BCUT2D eigenvalue weighted by Gasteiger charge is 2.36. The second-order valence-corrected chi connectivity index (χ2v) is 5.89. The molecule has 0 fully saturated rings. The van der Waals surface area contributed by atoms with E-state index in [-0.39, 0.29) is 13.2 Å². The van der Waals surface area contributed by atoms with Gasteiger partial charge in [0.2, 0.25) is 0 Å². The molecule has 0 atom stereocenters. The Morgan fingerprint density at radius 1 is 0.950 bits per heavy atom. The number of hydrogen-bond donors (Lipinski definition) is 2. The van der Waals surface area contributed by atoms with Crippen LogP contribution < -0.4 is 0 Å². The molecule has 20 heavy (non-hydrogen) atoms. The third-order valence-corrected chi connectivity index (χ3v) is 3.95. The Bertz CT molecular complexity index is 275. The van der Waals surface area contributed by atoms with Crippen molar-refractivity contribution in [3.63, 3.8) is 0 Å². The van der Waals surface area contributed by atoms with Gasteiger partial charge in [-0.15, -0.1) is 0 Å². The van der Waals surface area contributed by atoms with Crippen LogP contribution in [0, 0.1) is 0 Å². The largest absolute Gasteiger partial charge is 0.468 e. The van der Waals surface area contributed by atoms with E-state index >= 15 is 0 Å². The fourth-order valence-corrected chi connectivity index (χ4v) is 2.48. The molecule has 2 N–H and O–H groups in total. The molecule has 0 aliphatic carbocycles. The van der Waals surface area contributed by atoms with Crippen molar-refractivity contribution >= 4 is 5.90 Å². The molecule has 0 radical (unpaired) electrons. The van der Waals surface area contributed by atoms with Crippen molar-refractivity contribution in [2.45, 2.75) is 76.7 Å². The van der Waals surface area contributed by atoms with Crippen LogP contribution in [0.4, 0.5) is 0 Å². The number of rotatable bonds is 12. The van der Waals surface area contributed by atoms with E-state index in [1.54, 1.807) is 0 Å². The van der Waals surface area contributed by atoms with Gasteiger partial charge < -0.3 is 14.9 Å². The smallest absolute Gasteiger partial charge is 0.184 e. The minimum absolute atomic E-state index is 0.172. The maximum absolute atomic E-state index is 9.21. The summed E-state index contributed by atoms with van der Waals surface area (Å²) in [5.74, 6) is 0.705. The maximum atomic E-state index is 9.21. The molecule has 0 saturated heterocycles. The highest BCUT2D eigenvalue weighted by atomic mass is 16.5. The molecule has 1 rings (SSSR count). The Morgan fingerprint density at radius 2 is 1.50 bits per heavy atom. The first-order valence-corrected chi connectivity index (χ1v) is 8.20. The minimum Gasteiger partial charge on any atom is -0.468 e. The predicted molar refractivity (Wildman–Crippen MR) is 82.1 cm³/mol. The van der Waals surface area contributed by atoms with Gasteiger partial charge in [-0.1, -0.05) is 58.3 Å². The van der Waals surface area contributed by atoms with Gasteiger partial charge in [0.05, 0.1) is 19.8 Å². The standard InChI is InChI=1S/C16H31NO3/c1-2-3-4-5-6-7-8-9-10-11-15-17-12-16(13-18,14-19)20-15/h18-19H,2-14H2,1H3. The van der Waals surface area contributed by atoms with Gasteiger partial charge in [0, 0.05) is 6.42 Å². The van der Waals surface area contributed by atoms with Crippen LogP contribution in [0.3, 0.4) is 0 Å². The van der Waals surface area contributed by atoms with Gasteiger partial charge >= 0.3 is 0 Å². The van der Waals surface area contributed by atoms with E-state index in [0.717, 1.165) is 12.8 Å². The van der Waals surface area contributed by atoms with Crippen LogP contribution in [0.2, 0.25) is 0 Å². The van der Waals surface area contributed by atoms with Gasteiger partial charge in [-0.05, 0) is 6.42 Å². The molecule has 0 unspecified atom stereocenters. The molecule has 1 aliphatic rings. The fourth-order valence-electron chi connectivity index (χ4n) is 2.48. The Balaban J connectivity index is 1.95. The monoisotopic (exact) mass is 285 g/mol. The summed E-state index contributed by atoms with van der Waals surface area (Å²) in [4.78, 5) is 4.27. The molecule has 0 saturated carbocycles. The summed E-state index contributed by atoms with van der Waals surface area (Å²) in [7, 11) is 0. The molecule has 1 aliphatic heterocycles. The SMILES string of the molecule is CCCCCCCCCCCC1=NCC(CO)(CO)O1. The van der Waals surface area contributed by atoms with Crippen LogP contribution in [0.5, 0.6) is 0 Å². The molecule has 0 spiro atoms. The zero-order valence-corrected chi connectivity index (χ0v) is 12.9. The first-order chi connectivity index (χ1) is 9.76. The molecular formula is C16H31NO3. The Morgan fingerprint density at radius 3 is 2.00 bits per heavy atom. The molecule has 4 nitrogen and oxygen atoms in total. The Labute approximate surface area is 123 Å². The summed E-state index contributed by atoms with van der Waals surface area (Å²) in [5.41, 5.74) is -0.853. The van der Waals surface area contributed by atoms with Crippen molar-refractivity contribution in [1.82, 2.24) is 0 Å². The number of nitrogens with zero attached hydrogens (tertiary/aromatic N) is 1. The van der Waals surface area contributed by atoms with E-state index in [9.17, 15) is 10.2 Å². The first kappa shape index (κ1) is 17.4. The normalized spacial score (nSPS) is 17.1. The Hall–Kier alpha value is -0.610. The van der Waals surface area contributed by atoms with Crippen LogP contribution in [-0.2, 0) is 4.74 Å². The van der Waals surface area contributed by atoms with Gasteiger partial charge in [-0.3, -0.25) is 4.99 Å². The van der Waals surface area contributed by atoms with Crippen LogP contribution in [0.15, 0.2) is 4.99 Å². The van der Waals surface area contributed by atoms with Crippen molar-refractivity contribution in [1.29, 1.82) is 0 Å². The van der Waals surface area contributed by atoms with Gasteiger partial charge in [0.15, 0.2) is 11.5 Å². The average molecular weight is 285 g/mol. The lowest BCUT2D eigenvalue weighted by Gasteiger charge is -2.23. The van der Waals surface area contributed by atoms with E-state index in [1.165, 1.54) is 51.4 Å². The average Bonchev–Trinajstić information content (AvgIpc) is 2.90. The molecular weight excluding hydrogens is 254 g/mol. The quantitative estimate of drug-likeness (QED) is 0.542. The van der Waals surface area contributed by atoms with Crippen molar-refractivity contribution in [3.05, 3.63) is 0 Å². The van der Waals surface area contributed by atoms with Gasteiger partial charge in [-0.2, -0.15) is 0 Å². The molecule has 0 aromatic heterocycles. The zero-order valence-electron chi connectivity index (χ0n) is 12.9. The third-order valence-electron chi connectivity index (χ3n) is 3.95. The molecule has 118 valence electrons. The number of unbranched alkanes of at least 4 members (excludes halogenated alkanes) is 8. The summed E-state index contributed by atoms with van der Waals surface area (Å²) in [5, 5.41) is 18.4. The molecule has 1 heterocycles. The summed E-state index contributed by atoms with van der Waals surface area (Å²) in [6, 6.07) is 0. The van der Waals surface area contributed by atoms with Crippen LogP contribution >= 0.6 is 0 Å². The van der Waals surface area contributed by atoms with Gasteiger partial charge in [0.25, 0.3) is 0 Å². The molecule has 0 bridgehead atoms. The lowest BCUT2D eigenvalue weighted by molar-refractivity contribution is -0.0231. The van der Waals surface area contributed by atoms with E-state index in [0.29, 0.717) is 12.4 Å². The number of hydrogen-bond acceptors (Lipinski definition) is 4.